The average Bonchev–Trinajstić information content (AvgIpc) is 2.38. The molecule has 0 heterocycles. The predicted octanol–water partition coefficient (Wildman–Crippen LogP) is 3.15. The molecule has 2 rings (SSSR count). The molecule has 0 saturated heterocycles. The van der Waals surface area contributed by atoms with E-state index in [2.05, 4.69) is 19.2 Å². The molecule has 0 radical (unpaired) electrons. The van der Waals surface area contributed by atoms with E-state index in [9.17, 15) is 4.79 Å². The molecule has 3 nitrogen and oxygen atoms in total. The van der Waals surface area contributed by atoms with E-state index < -0.39 is 0 Å². The molecule has 0 aliphatic heterocycles. The maximum atomic E-state index is 11.2. The van der Waals surface area contributed by atoms with Crippen LogP contribution in [-0.4, -0.2) is 11.9 Å². The Morgan fingerprint density at radius 3 is 2.75 bits per heavy atom. The summed E-state index contributed by atoms with van der Waals surface area (Å²) in [5.41, 5.74) is 8.64. The Balaban J connectivity index is 2.02. The fourth-order valence-electron chi connectivity index (χ4n) is 3.15. The first-order chi connectivity index (χ1) is 9.40. The normalized spacial score (nSPS) is 21.6. The first-order valence-electron chi connectivity index (χ1n) is 7.53. The first-order valence-corrected chi connectivity index (χ1v) is 7.53. The fraction of sp³-hybridized carbons (Fsp3) is 0.588. The highest BCUT2D eigenvalue weighted by Crippen LogP contribution is 2.35. The number of carbonyl (C=O) groups excluding carboxylic acids is 1. The second-order valence-corrected chi connectivity index (χ2v) is 6.67. The molecular formula is C17H26N2O. The largest absolute Gasteiger partial charge is 0.366 e. The van der Waals surface area contributed by atoms with Crippen molar-refractivity contribution >= 4 is 5.91 Å². The van der Waals surface area contributed by atoms with Gasteiger partial charge in [0, 0.05) is 18.2 Å². The van der Waals surface area contributed by atoms with Gasteiger partial charge >= 0.3 is 0 Å². The minimum atomic E-state index is -0.360. The minimum Gasteiger partial charge on any atom is -0.366 e. The highest BCUT2D eigenvalue weighted by atomic mass is 16.1. The van der Waals surface area contributed by atoms with Gasteiger partial charge in [-0.05, 0) is 48.4 Å². The van der Waals surface area contributed by atoms with Gasteiger partial charge in [-0.2, -0.15) is 0 Å². The molecule has 1 amide bonds. The Kier molecular flexibility index (Phi) is 4.48. The zero-order valence-corrected chi connectivity index (χ0v) is 12.8. The summed E-state index contributed by atoms with van der Waals surface area (Å²) in [7, 11) is 0. The molecule has 1 aliphatic carbocycles. The summed E-state index contributed by atoms with van der Waals surface area (Å²) in [6, 6.07) is 6.29. The van der Waals surface area contributed by atoms with Gasteiger partial charge < -0.3 is 11.1 Å². The predicted molar refractivity (Wildman–Crippen MR) is 82.6 cm³/mol. The number of primary amides is 1. The van der Waals surface area contributed by atoms with Gasteiger partial charge in [-0.1, -0.05) is 32.8 Å². The Morgan fingerprint density at radius 2 is 2.15 bits per heavy atom. The van der Waals surface area contributed by atoms with Crippen molar-refractivity contribution in [3.63, 3.8) is 0 Å². The maximum absolute atomic E-state index is 11.2. The quantitative estimate of drug-likeness (QED) is 0.886. The van der Waals surface area contributed by atoms with E-state index in [1.165, 1.54) is 31.2 Å². The smallest absolute Gasteiger partial charge is 0.248 e. The molecule has 0 bridgehead atoms. The van der Waals surface area contributed by atoms with Crippen LogP contribution in [0.15, 0.2) is 18.2 Å². The highest BCUT2D eigenvalue weighted by molar-refractivity contribution is 5.93. The molecule has 1 atom stereocenters. The van der Waals surface area contributed by atoms with Gasteiger partial charge in [0.2, 0.25) is 5.91 Å². The summed E-state index contributed by atoms with van der Waals surface area (Å²) in [5, 5.41) is 3.70. The Morgan fingerprint density at radius 1 is 1.40 bits per heavy atom. The van der Waals surface area contributed by atoms with Gasteiger partial charge in [-0.3, -0.25) is 4.79 Å². The van der Waals surface area contributed by atoms with Crippen LogP contribution in [0.1, 0.15) is 61.0 Å². The monoisotopic (exact) mass is 274 g/mol. The molecule has 0 spiro atoms. The third-order valence-corrected chi connectivity index (χ3v) is 4.67. The van der Waals surface area contributed by atoms with Crippen LogP contribution < -0.4 is 11.1 Å². The topological polar surface area (TPSA) is 55.1 Å². The van der Waals surface area contributed by atoms with Gasteiger partial charge in [-0.25, -0.2) is 0 Å². The number of hydrogen-bond acceptors (Lipinski definition) is 2. The van der Waals surface area contributed by atoms with E-state index in [1.54, 1.807) is 0 Å². The summed E-state index contributed by atoms with van der Waals surface area (Å²) in [5.74, 6) is -0.360. The number of aryl methyl sites for hydroxylation is 1. The zero-order valence-electron chi connectivity index (χ0n) is 12.8. The Bertz CT molecular complexity index is 494. The summed E-state index contributed by atoms with van der Waals surface area (Å²) in [4.78, 5) is 11.2. The second-order valence-electron chi connectivity index (χ2n) is 6.67. The van der Waals surface area contributed by atoms with E-state index in [0.717, 1.165) is 12.1 Å². The van der Waals surface area contributed by atoms with Crippen LogP contribution in [-0.2, 0) is 6.54 Å². The molecule has 110 valence electrons. The summed E-state index contributed by atoms with van der Waals surface area (Å²) in [6.45, 7) is 7.61. The molecule has 1 fully saturated rings. The SMILES string of the molecule is Cc1cc(C(N)=O)ccc1CNC1CCCCC1(C)C. The van der Waals surface area contributed by atoms with E-state index in [-0.39, 0.29) is 5.91 Å². The number of amides is 1. The molecule has 0 aromatic heterocycles. The zero-order chi connectivity index (χ0) is 14.8. The Labute approximate surface area is 121 Å². The summed E-state index contributed by atoms with van der Waals surface area (Å²) >= 11 is 0. The van der Waals surface area contributed by atoms with Crippen LogP contribution in [0.3, 0.4) is 0 Å². The first kappa shape index (κ1) is 15.0. The average molecular weight is 274 g/mol. The number of nitrogens with one attached hydrogen (secondary N) is 1. The standard InChI is InChI=1S/C17H26N2O/c1-12-10-13(16(18)20)7-8-14(12)11-19-15-6-4-5-9-17(15,2)3/h7-8,10,15,19H,4-6,9,11H2,1-3H3,(H2,18,20). The molecule has 1 aromatic carbocycles. The Hall–Kier alpha value is -1.35. The molecule has 20 heavy (non-hydrogen) atoms. The lowest BCUT2D eigenvalue weighted by Crippen LogP contribution is -2.43. The van der Waals surface area contributed by atoms with Gasteiger partial charge in [0.05, 0.1) is 0 Å². The third-order valence-electron chi connectivity index (χ3n) is 4.67. The number of carbonyl (C=O) groups is 1. The highest BCUT2D eigenvalue weighted by Gasteiger charge is 2.31. The van der Waals surface area contributed by atoms with Crippen molar-refractivity contribution in [2.45, 2.75) is 59.0 Å². The van der Waals surface area contributed by atoms with Crippen molar-refractivity contribution in [3.8, 4) is 0 Å². The van der Waals surface area contributed by atoms with Crippen LogP contribution in [0, 0.1) is 12.3 Å². The van der Waals surface area contributed by atoms with Crippen LogP contribution in [0.2, 0.25) is 0 Å². The summed E-state index contributed by atoms with van der Waals surface area (Å²) in [6.07, 6.45) is 5.22. The lowest BCUT2D eigenvalue weighted by atomic mass is 9.73. The van der Waals surface area contributed by atoms with Crippen molar-refractivity contribution in [1.29, 1.82) is 0 Å². The van der Waals surface area contributed by atoms with Crippen molar-refractivity contribution < 1.29 is 4.79 Å². The van der Waals surface area contributed by atoms with Gasteiger partial charge in [0.1, 0.15) is 0 Å². The minimum absolute atomic E-state index is 0.360. The van der Waals surface area contributed by atoms with Gasteiger partial charge in [0.25, 0.3) is 0 Å². The van der Waals surface area contributed by atoms with Crippen molar-refractivity contribution in [2.75, 3.05) is 0 Å². The van der Waals surface area contributed by atoms with E-state index in [4.69, 9.17) is 5.73 Å². The van der Waals surface area contributed by atoms with Gasteiger partial charge in [-0.15, -0.1) is 0 Å². The van der Waals surface area contributed by atoms with Crippen LogP contribution in [0.25, 0.3) is 0 Å². The van der Waals surface area contributed by atoms with Crippen molar-refractivity contribution in [1.82, 2.24) is 5.32 Å². The van der Waals surface area contributed by atoms with Crippen molar-refractivity contribution in [2.24, 2.45) is 11.1 Å². The van der Waals surface area contributed by atoms with Crippen molar-refractivity contribution in [3.05, 3.63) is 34.9 Å². The maximum Gasteiger partial charge on any atom is 0.248 e. The van der Waals surface area contributed by atoms with Crippen LogP contribution >= 0.6 is 0 Å². The van der Waals surface area contributed by atoms with E-state index >= 15 is 0 Å². The molecule has 3 N–H and O–H groups in total. The van der Waals surface area contributed by atoms with Crippen LogP contribution in [0.5, 0.6) is 0 Å². The molecule has 1 saturated carbocycles. The summed E-state index contributed by atoms with van der Waals surface area (Å²) < 4.78 is 0. The molecule has 1 aromatic rings. The number of hydrogen-bond donors (Lipinski definition) is 2. The molecule has 1 aliphatic rings. The van der Waals surface area contributed by atoms with E-state index in [0.29, 0.717) is 17.0 Å². The van der Waals surface area contributed by atoms with Crippen LogP contribution in [0.4, 0.5) is 0 Å². The molecule has 3 heteroatoms. The number of rotatable bonds is 4. The lowest BCUT2D eigenvalue weighted by Gasteiger charge is -2.39. The van der Waals surface area contributed by atoms with E-state index in [1.807, 2.05) is 25.1 Å². The third kappa shape index (κ3) is 3.40. The number of nitrogens with two attached hydrogens (primary N) is 1. The lowest BCUT2D eigenvalue weighted by molar-refractivity contribution is 0.1000. The molecule has 1 unspecified atom stereocenters. The number of benzene rings is 1. The molecular weight excluding hydrogens is 248 g/mol. The van der Waals surface area contributed by atoms with Gasteiger partial charge in [0.15, 0.2) is 0 Å². The fourth-order valence-corrected chi connectivity index (χ4v) is 3.15. The second kappa shape index (κ2) is 5.96.